The van der Waals surface area contributed by atoms with Gasteiger partial charge in [0.15, 0.2) is 0 Å². The topological polar surface area (TPSA) is 75.7 Å². The normalized spacial score (nSPS) is 13.5. The Labute approximate surface area is 165 Å². The number of rotatable bonds is 7. The third kappa shape index (κ3) is 5.14. The lowest BCUT2D eigenvalue weighted by Gasteiger charge is -2.30. The first kappa shape index (κ1) is 21.1. The fraction of sp³-hybridized carbons (Fsp3) is 0.316. The highest BCUT2D eigenvalue weighted by molar-refractivity contribution is 7.92. The third-order valence-electron chi connectivity index (χ3n) is 4.13. The number of sulfonamides is 1. The van der Waals surface area contributed by atoms with Crippen molar-refractivity contribution >= 4 is 33.2 Å². The highest BCUT2D eigenvalue weighted by Gasteiger charge is 2.32. The molecule has 6 nitrogen and oxygen atoms in total. The highest BCUT2D eigenvalue weighted by Crippen LogP contribution is 2.34. The summed E-state index contributed by atoms with van der Waals surface area (Å²) in [5, 5.41) is 3.19. The Morgan fingerprint density at radius 1 is 1.15 bits per heavy atom. The standard InChI is InChI=1S/C19H23ClN2O4S/c1-13(15-8-6-5-7-9-15)21-19(23)14(2)22(27(4,24)25)17-12-16(20)10-11-18(17)26-3/h5-14H,1-4H3,(H,21,23)/t13-,14+/m0/s1. The number of hydrogen-bond donors (Lipinski definition) is 1. The number of amides is 1. The molecule has 0 unspecified atom stereocenters. The van der Waals surface area contributed by atoms with Crippen molar-refractivity contribution in [3.63, 3.8) is 0 Å². The summed E-state index contributed by atoms with van der Waals surface area (Å²) in [6, 6.07) is 12.8. The Bertz CT molecular complexity index is 903. The lowest BCUT2D eigenvalue weighted by molar-refractivity contribution is -0.122. The molecule has 146 valence electrons. The second-order valence-electron chi connectivity index (χ2n) is 6.19. The van der Waals surface area contributed by atoms with Crippen molar-refractivity contribution in [2.24, 2.45) is 0 Å². The van der Waals surface area contributed by atoms with Crippen LogP contribution in [0.5, 0.6) is 5.75 Å². The smallest absolute Gasteiger partial charge is 0.244 e. The number of halogens is 1. The summed E-state index contributed by atoms with van der Waals surface area (Å²) < 4.78 is 31.2. The molecule has 0 heterocycles. The zero-order chi connectivity index (χ0) is 20.2. The summed E-state index contributed by atoms with van der Waals surface area (Å²) in [4.78, 5) is 12.8. The van der Waals surface area contributed by atoms with Crippen LogP contribution in [0.4, 0.5) is 5.69 Å². The van der Waals surface area contributed by atoms with Gasteiger partial charge in [-0.1, -0.05) is 41.9 Å². The molecule has 8 heteroatoms. The molecule has 1 N–H and O–H groups in total. The van der Waals surface area contributed by atoms with Gasteiger partial charge in [-0.15, -0.1) is 0 Å². The molecular weight excluding hydrogens is 388 g/mol. The van der Waals surface area contributed by atoms with E-state index >= 15 is 0 Å². The number of nitrogens with one attached hydrogen (secondary N) is 1. The SMILES string of the molecule is COc1ccc(Cl)cc1N([C@H](C)C(=O)N[C@@H](C)c1ccccc1)S(C)(=O)=O. The van der Waals surface area contributed by atoms with E-state index in [-0.39, 0.29) is 11.7 Å². The summed E-state index contributed by atoms with van der Waals surface area (Å²) in [6.45, 7) is 3.36. The summed E-state index contributed by atoms with van der Waals surface area (Å²) in [7, 11) is -2.35. The maximum absolute atomic E-state index is 12.8. The van der Waals surface area contributed by atoms with E-state index in [9.17, 15) is 13.2 Å². The molecular formula is C19H23ClN2O4S. The first-order valence-electron chi connectivity index (χ1n) is 8.33. The number of methoxy groups -OCH3 is 1. The molecule has 0 aliphatic carbocycles. The molecule has 0 spiro atoms. The Morgan fingerprint density at radius 2 is 1.78 bits per heavy atom. The van der Waals surface area contributed by atoms with Gasteiger partial charge in [0, 0.05) is 5.02 Å². The monoisotopic (exact) mass is 410 g/mol. The maximum atomic E-state index is 12.8. The van der Waals surface area contributed by atoms with Gasteiger partial charge >= 0.3 is 0 Å². The van der Waals surface area contributed by atoms with Crippen LogP contribution in [-0.4, -0.2) is 33.7 Å². The minimum Gasteiger partial charge on any atom is -0.495 e. The van der Waals surface area contributed by atoms with Crippen LogP contribution in [0.1, 0.15) is 25.5 Å². The van der Waals surface area contributed by atoms with Gasteiger partial charge in [-0.25, -0.2) is 8.42 Å². The molecule has 0 aliphatic heterocycles. The number of benzene rings is 2. The van der Waals surface area contributed by atoms with Crippen molar-refractivity contribution in [1.82, 2.24) is 5.32 Å². The van der Waals surface area contributed by atoms with Crippen LogP contribution < -0.4 is 14.4 Å². The van der Waals surface area contributed by atoms with Crippen LogP contribution in [0.2, 0.25) is 5.02 Å². The van der Waals surface area contributed by atoms with Crippen molar-refractivity contribution < 1.29 is 17.9 Å². The van der Waals surface area contributed by atoms with E-state index in [1.807, 2.05) is 37.3 Å². The van der Waals surface area contributed by atoms with Gasteiger partial charge in [-0.2, -0.15) is 0 Å². The fourth-order valence-electron chi connectivity index (χ4n) is 2.78. The van der Waals surface area contributed by atoms with E-state index in [0.717, 1.165) is 16.1 Å². The number of nitrogens with zero attached hydrogens (tertiary/aromatic N) is 1. The molecule has 0 fully saturated rings. The zero-order valence-corrected chi connectivity index (χ0v) is 17.2. The minimum atomic E-state index is -3.78. The van der Waals surface area contributed by atoms with Crippen LogP contribution in [0.3, 0.4) is 0 Å². The molecule has 2 atom stereocenters. The largest absolute Gasteiger partial charge is 0.495 e. The minimum absolute atomic E-state index is 0.211. The Morgan fingerprint density at radius 3 is 2.33 bits per heavy atom. The second-order valence-corrected chi connectivity index (χ2v) is 8.49. The summed E-state index contributed by atoms with van der Waals surface area (Å²) >= 11 is 6.04. The van der Waals surface area contributed by atoms with Crippen LogP contribution >= 0.6 is 11.6 Å². The molecule has 0 radical (unpaired) electrons. The van der Waals surface area contributed by atoms with Gasteiger partial charge in [-0.3, -0.25) is 9.10 Å². The van der Waals surface area contributed by atoms with Crippen LogP contribution in [0.25, 0.3) is 0 Å². The molecule has 2 aromatic rings. The van der Waals surface area contributed by atoms with E-state index in [0.29, 0.717) is 10.8 Å². The molecule has 0 aromatic heterocycles. The number of anilines is 1. The first-order valence-corrected chi connectivity index (χ1v) is 10.6. The number of carbonyl (C=O) groups is 1. The number of hydrogen-bond acceptors (Lipinski definition) is 4. The van der Waals surface area contributed by atoms with Gasteiger partial charge in [0.1, 0.15) is 11.8 Å². The Hall–Kier alpha value is -2.25. The Kier molecular flexibility index (Phi) is 6.73. The summed E-state index contributed by atoms with van der Waals surface area (Å²) in [5.41, 5.74) is 1.13. The molecule has 0 aliphatic rings. The lowest BCUT2D eigenvalue weighted by atomic mass is 10.1. The average Bonchev–Trinajstić information content (AvgIpc) is 2.61. The van der Waals surface area contributed by atoms with E-state index < -0.39 is 22.0 Å². The van der Waals surface area contributed by atoms with Gasteiger partial charge in [-0.05, 0) is 37.6 Å². The molecule has 1 amide bonds. The molecule has 2 aromatic carbocycles. The van der Waals surface area contributed by atoms with E-state index in [2.05, 4.69) is 5.32 Å². The molecule has 0 saturated heterocycles. The number of carbonyl (C=O) groups excluding carboxylic acids is 1. The first-order chi connectivity index (χ1) is 12.6. The van der Waals surface area contributed by atoms with Gasteiger partial charge < -0.3 is 10.1 Å². The maximum Gasteiger partial charge on any atom is 0.244 e. The van der Waals surface area contributed by atoms with E-state index in [1.54, 1.807) is 12.1 Å². The predicted octanol–water partition coefficient (Wildman–Crippen LogP) is 3.38. The lowest BCUT2D eigenvalue weighted by Crippen LogP contribution is -2.48. The van der Waals surface area contributed by atoms with Crippen molar-refractivity contribution in [2.45, 2.75) is 25.9 Å². The average molecular weight is 411 g/mol. The van der Waals surface area contributed by atoms with Crippen molar-refractivity contribution in [1.29, 1.82) is 0 Å². The van der Waals surface area contributed by atoms with Crippen molar-refractivity contribution in [3.8, 4) is 5.75 Å². The quantitative estimate of drug-likeness (QED) is 0.759. The Balaban J connectivity index is 2.35. The van der Waals surface area contributed by atoms with Gasteiger partial charge in [0.2, 0.25) is 15.9 Å². The zero-order valence-electron chi connectivity index (χ0n) is 15.6. The van der Waals surface area contributed by atoms with E-state index in [4.69, 9.17) is 16.3 Å². The third-order valence-corrected chi connectivity index (χ3v) is 5.59. The van der Waals surface area contributed by atoms with Crippen LogP contribution in [0.15, 0.2) is 48.5 Å². The summed E-state index contributed by atoms with van der Waals surface area (Å²) in [6.07, 6.45) is 1.04. The van der Waals surface area contributed by atoms with Crippen LogP contribution in [0, 0.1) is 0 Å². The van der Waals surface area contributed by atoms with Gasteiger partial charge in [0.05, 0.1) is 25.1 Å². The molecule has 0 bridgehead atoms. The van der Waals surface area contributed by atoms with Crippen molar-refractivity contribution in [2.75, 3.05) is 17.7 Å². The van der Waals surface area contributed by atoms with Crippen molar-refractivity contribution in [3.05, 3.63) is 59.1 Å². The fourth-order valence-corrected chi connectivity index (χ4v) is 4.11. The second kappa shape index (κ2) is 8.63. The molecule has 0 saturated carbocycles. The van der Waals surface area contributed by atoms with E-state index in [1.165, 1.54) is 20.1 Å². The number of ether oxygens (including phenoxy) is 1. The van der Waals surface area contributed by atoms with Crippen LogP contribution in [-0.2, 0) is 14.8 Å². The summed E-state index contributed by atoms with van der Waals surface area (Å²) in [5.74, 6) is -0.126. The highest BCUT2D eigenvalue weighted by atomic mass is 35.5. The molecule has 2 rings (SSSR count). The molecule has 27 heavy (non-hydrogen) atoms. The van der Waals surface area contributed by atoms with Gasteiger partial charge in [0.25, 0.3) is 0 Å². The predicted molar refractivity (Wildman–Crippen MR) is 108 cm³/mol.